The maximum Gasteiger partial charge on any atom is 0.248 e. The van der Waals surface area contributed by atoms with Crippen LogP contribution in [0.3, 0.4) is 0 Å². The summed E-state index contributed by atoms with van der Waals surface area (Å²) in [6.45, 7) is 20.1. The fraction of sp³-hybridized carbons (Fsp3) is 0.577. The molecule has 0 bridgehead atoms. The smallest absolute Gasteiger partial charge is 0.248 e. The van der Waals surface area contributed by atoms with Crippen LogP contribution >= 0.6 is 0 Å². The van der Waals surface area contributed by atoms with Crippen molar-refractivity contribution in [1.29, 1.82) is 0 Å². The second-order valence-corrected chi connectivity index (χ2v) is 7.24. The summed E-state index contributed by atoms with van der Waals surface area (Å²) >= 11 is 0. The molecular formula is C26H44F2N2. The van der Waals surface area contributed by atoms with Gasteiger partial charge in [-0.25, -0.2) is 8.78 Å². The Labute approximate surface area is 184 Å². The van der Waals surface area contributed by atoms with Gasteiger partial charge < -0.3 is 5.32 Å². The van der Waals surface area contributed by atoms with Crippen molar-refractivity contribution in [3.8, 4) is 0 Å². The summed E-state index contributed by atoms with van der Waals surface area (Å²) in [4.78, 5) is 4.52. The molecule has 2 nitrogen and oxygen atoms in total. The molecule has 0 amide bonds. The minimum absolute atomic E-state index is 0.0425. The monoisotopic (exact) mass is 422 g/mol. The van der Waals surface area contributed by atoms with Gasteiger partial charge in [0.2, 0.25) is 5.92 Å². The average molecular weight is 423 g/mol. The zero-order valence-electron chi connectivity index (χ0n) is 20.3. The first-order valence-corrected chi connectivity index (χ1v) is 11.2. The molecule has 1 aromatic carbocycles. The third kappa shape index (κ3) is 11.9. The average Bonchev–Trinajstić information content (AvgIpc) is 2.91. The van der Waals surface area contributed by atoms with Gasteiger partial charge in [-0.15, -0.1) is 13.2 Å². The Hall–Kier alpha value is -1.97. The summed E-state index contributed by atoms with van der Waals surface area (Å²) in [6.07, 6.45) is 5.32. The second-order valence-electron chi connectivity index (χ2n) is 7.24. The number of nitrogens with zero attached hydrogens (tertiary/aromatic N) is 1. The Kier molecular flexibility index (Phi) is 16.9. The molecule has 30 heavy (non-hydrogen) atoms. The van der Waals surface area contributed by atoms with Gasteiger partial charge in [-0.2, -0.15) is 0 Å². The van der Waals surface area contributed by atoms with E-state index < -0.39 is 5.92 Å². The van der Waals surface area contributed by atoms with Crippen LogP contribution in [0.15, 0.2) is 54.2 Å². The lowest BCUT2D eigenvalue weighted by Crippen LogP contribution is -2.40. The molecule has 0 saturated heterocycles. The van der Waals surface area contributed by atoms with Crippen molar-refractivity contribution >= 4 is 11.9 Å². The molecule has 4 heteroatoms. The first-order chi connectivity index (χ1) is 14.3. The summed E-state index contributed by atoms with van der Waals surface area (Å²) in [5.41, 5.74) is 3.53. The van der Waals surface area contributed by atoms with Crippen molar-refractivity contribution < 1.29 is 8.78 Å². The Morgan fingerprint density at radius 2 is 1.53 bits per heavy atom. The molecule has 172 valence electrons. The first kappa shape index (κ1) is 30.2. The van der Waals surface area contributed by atoms with Crippen LogP contribution in [0.25, 0.3) is 5.70 Å². The van der Waals surface area contributed by atoms with E-state index in [4.69, 9.17) is 0 Å². The highest BCUT2D eigenvalue weighted by Gasteiger charge is 2.25. The van der Waals surface area contributed by atoms with Gasteiger partial charge in [0, 0.05) is 31.0 Å². The number of benzene rings is 1. The molecule has 2 rings (SSSR count). The van der Waals surface area contributed by atoms with Crippen molar-refractivity contribution in [2.24, 2.45) is 4.99 Å². The topological polar surface area (TPSA) is 24.4 Å². The lowest BCUT2D eigenvalue weighted by atomic mass is 9.94. The van der Waals surface area contributed by atoms with E-state index in [0.29, 0.717) is 12.8 Å². The molecule has 0 fully saturated rings. The zero-order valence-corrected chi connectivity index (χ0v) is 20.3. The van der Waals surface area contributed by atoms with Gasteiger partial charge in [0.1, 0.15) is 0 Å². The van der Waals surface area contributed by atoms with Crippen molar-refractivity contribution in [1.82, 2.24) is 5.32 Å². The molecule has 0 aliphatic carbocycles. The lowest BCUT2D eigenvalue weighted by molar-refractivity contribution is -0.0173. The van der Waals surface area contributed by atoms with Crippen molar-refractivity contribution in [2.75, 3.05) is 0 Å². The van der Waals surface area contributed by atoms with Crippen LogP contribution in [0, 0.1) is 0 Å². The van der Waals surface area contributed by atoms with Crippen molar-refractivity contribution in [3.05, 3.63) is 54.8 Å². The molecule has 1 heterocycles. The first-order valence-electron chi connectivity index (χ1n) is 11.2. The van der Waals surface area contributed by atoms with Crippen LogP contribution in [0.4, 0.5) is 8.78 Å². The highest BCUT2D eigenvalue weighted by molar-refractivity contribution is 5.73. The second kappa shape index (κ2) is 16.8. The highest BCUT2D eigenvalue weighted by Crippen LogP contribution is 2.26. The standard InChI is InChI=1S/C15H20N2.C7H14F2.C2H6.C2H4/c1-4-15(3)10-11-16-12(2)14(17-15)13-8-6-5-7-9-13;1-3-5-7(8,9)6-4-2;2*1-2/h5-9,11,17H,4,10H2,1-3H3;3-6H2,1-2H3;1-2H3;1-2H2. The maximum absolute atomic E-state index is 12.4. The van der Waals surface area contributed by atoms with Crippen LogP contribution in [-0.4, -0.2) is 17.7 Å². The van der Waals surface area contributed by atoms with E-state index in [1.165, 1.54) is 5.56 Å². The molecular weight excluding hydrogens is 378 g/mol. The molecule has 1 unspecified atom stereocenters. The SMILES string of the molecule is C=C.CC.CCC1(C)CC=NC(C)=C(c2ccccc2)N1.CCCC(F)(F)CCC. The molecule has 1 aliphatic heterocycles. The van der Waals surface area contributed by atoms with Crippen molar-refractivity contribution in [2.45, 2.75) is 98.5 Å². The number of hydrogen-bond donors (Lipinski definition) is 1. The van der Waals surface area contributed by atoms with Gasteiger partial charge in [0.05, 0.1) is 11.4 Å². The summed E-state index contributed by atoms with van der Waals surface area (Å²) in [5.74, 6) is -2.40. The number of hydrogen-bond acceptors (Lipinski definition) is 2. The largest absolute Gasteiger partial charge is 0.378 e. The van der Waals surface area contributed by atoms with Crippen LogP contribution in [-0.2, 0) is 0 Å². The van der Waals surface area contributed by atoms with Crippen LogP contribution in [0.5, 0.6) is 0 Å². The van der Waals surface area contributed by atoms with Gasteiger partial charge in [-0.3, -0.25) is 4.99 Å². The Bertz CT molecular complexity index is 601. The fourth-order valence-electron chi connectivity index (χ4n) is 2.87. The lowest BCUT2D eigenvalue weighted by Gasteiger charge is -2.30. The van der Waals surface area contributed by atoms with Gasteiger partial charge in [-0.05, 0) is 25.8 Å². The summed E-state index contributed by atoms with van der Waals surface area (Å²) < 4.78 is 24.8. The molecule has 0 aromatic heterocycles. The number of aliphatic imine (C=N–C) groups is 1. The molecule has 0 radical (unpaired) electrons. The van der Waals surface area contributed by atoms with Crippen molar-refractivity contribution in [3.63, 3.8) is 0 Å². The third-order valence-corrected chi connectivity index (χ3v) is 4.69. The summed E-state index contributed by atoms with van der Waals surface area (Å²) in [7, 11) is 0. The molecule has 0 saturated carbocycles. The van der Waals surface area contributed by atoms with E-state index in [1.807, 2.05) is 26.1 Å². The zero-order chi connectivity index (χ0) is 23.6. The molecule has 0 spiro atoms. The van der Waals surface area contributed by atoms with Crippen LogP contribution < -0.4 is 5.32 Å². The minimum atomic E-state index is -2.40. The van der Waals surface area contributed by atoms with E-state index in [-0.39, 0.29) is 18.4 Å². The van der Waals surface area contributed by atoms with Crippen LogP contribution in [0.1, 0.15) is 92.6 Å². The molecule has 1 atom stereocenters. The van der Waals surface area contributed by atoms with Gasteiger partial charge >= 0.3 is 0 Å². The van der Waals surface area contributed by atoms with E-state index in [2.05, 4.69) is 68.5 Å². The van der Waals surface area contributed by atoms with Crippen LogP contribution in [0.2, 0.25) is 0 Å². The number of alkyl halides is 2. The molecule has 1 N–H and O–H groups in total. The minimum Gasteiger partial charge on any atom is -0.378 e. The quantitative estimate of drug-likeness (QED) is 0.456. The maximum atomic E-state index is 12.4. The Morgan fingerprint density at radius 3 is 1.97 bits per heavy atom. The van der Waals surface area contributed by atoms with E-state index in [9.17, 15) is 8.78 Å². The van der Waals surface area contributed by atoms with Gasteiger partial charge in [-0.1, -0.05) is 77.8 Å². The predicted molar refractivity (Wildman–Crippen MR) is 131 cm³/mol. The van der Waals surface area contributed by atoms with E-state index in [1.54, 1.807) is 13.8 Å². The third-order valence-electron chi connectivity index (χ3n) is 4.69. The fourth-order valence-corrected chi connectivity index (χ4v) is 2.87. The number of nitrogens with one attached hydrogen (secondary N) is 1. The Morgan fingerprint density at radius 1 is 1.03 bits per heavy atom. The van der Waals surface area contributed by atoms with Gasteiger partial charge in [0.15, 0.2) is 0 Å². The number of allylic oxidation sites excluding steroid dienone is 1. The van der Waals surface area contributed by atoms with E-state index >= 15 is 0 Å². The van der Waals surface area contributed by atoms with Gasteiger partial charge in [0.25, 0.3) is 0 Å². The molecule has 1 aliphatic rings. The molecule has 1 aromatic rings. The predicted octanol–water partition coefficient (Wildman–Crippen LogP) is 8.66. The number of halogens is 2. The van der Waals surface area contributed by atoms with E-state index in [0.717, 1.165) is 24.2 Å². The Balaban J connectivity index is 0. The normalized spacial score (nSPS) is 17.8. The summed E-state index contributed by atoms with van der Waals surface area (Å²) in [5, 5.41) is 3.66. The number of rotatable bonds is 6. The highest BCUT2D eigenvalue weighted by atomic mass is 19.3. The summed E-state index contributed by atoms with van der Waals surface area (Å²) in [6, 6.07) is 10.4.